The molecule has 17 heavy (non-hydrogen) atoms. The molecular formula is C15H19NO. The zero-order chi connectivity index (χ0) is 11.9. The highest BCUT2D eigenvalue weighted by atomic mass is 16.6. The Labute approximate surface area is 103 Å². The van der Waals surface area contributed by atoms with Crippen LogP contribution in [0.4, 0.5) is 0 Å². The molecular weight excluding hydrogens is 210 g/mol. The van der Waals surface area contributed by atoms with Gasteiger partial charge in [0.25, 0.3) is 0 Å². The minimum Gasteiger partial charge on any atom is -0.383 e. The first-order valence-corrected chi connectivity index (χ1v) is 6.29. The second kappa shape index (κ2) is 6.24. The molecule has 1 aromatic carbocycles. The van der Waals surface area contributed by atoms with Gasteiger partial charge in [0.1, 0.15) is 0 Å². The Morgan fingerprint density at radius 3 is 2.47 bits per heavy atom. The molecule has 1 unspecified atom stereocenters. The van der Waals surface area contributed by atoms with E-state index in [0.717, 1.165) is 18.4 Å². The fourth-order valence-corrected chi connectivity index (χ4v) is 2.07. The standard InChI is InChI=1S/C15H19NO/c1-2-15(13-9-5-3-6-10-13)17-16-14-11-7-4-8-12-14/h2-3,5-6,9-10,15H,1,4,7-8,11-12H2. The number of benzene rings is 1. The Bertz CT molecular complexity index is 375. The van der Waals surface area contributed by atoms with E-state index >= 15 is 0 Å². The van der Waals surface area contributed by atoms with Crippen molar-refractivity contribution in [2.75, 3.05) is 0 Å². The molecule has 0 amide bonds. The molecule has 0 aliphatic heterocycles. The van der Waals surface area contributed by atoms with Crippen LogP contribution >= 0.6 is 0 Å². The summed E-state index contributed by atoms with van der Waals surface area (Å²) in [6.45, 7) is 3.81. The van der Waals surface area contributed by atoms with Crippen LogP contribution in [0.1, 0.15) is 43.8 Å². The third-order valence-electron chi connectivity index (χ3n) is 3.07. The zero-order valence-corrected chi connectivity index (χ0v) is 10.1. The van der Waals surface area contributed by atoms with Crippen LogP contribution in [-0.4, -0.2) is 5.71 Å². The van der Waals surface area contributed by atoms with Crippen molar-refractivity contribution in [2.45, 2.75) is 38.2 Å². The van der Waals surface area contributed by atoms with E-state index in [9.17, 15) is 0 Å². The number of hydrogen-bond acceptors (Lipinski definition) is 2. The molecule has 1 saturated carbocycles. The molecule has 1 atom stereocenters. The molecule has 0 bridgehead atoms. The van der Waals surface area contributed by atoms with Gasteiger partial charge in [-0.05, 0) is 37.3 Å². The first-order valence-electron chi connectivity index (χ1n) is 6.29. The first-order chi connectivity index (χ1) is 8.40. The number of oxime groups is 1. The molecule has 1 aliphatic rings. The third kappa shape index (κ3) is 3.45. The van der Waals surface area contributed by atoms with Gasteiger partial charge in [0, 0.05) is 0 Å². The molecule has 0 aromatic heterocycles. The molecule has 2 nitrogen and oxygen atoms in total. The minimum atomic E-state index is -0.134. The van der Waals surface area contributed by atoms with Crippen molar-refractivity contribution in [3.05, 3.63) is 48.6 Å². The highest BCUT2D eigenvalue weighted by molar-refractivity contribution is 5.84. The molecule has 0 saturated heterocycles. The van der Waals surface area contributed by atoms with Gasteiger partial charge in [-0.3, -0.25) is 0 Å². The maximum Gasteiger partial charge on any atom is 0.170 e. The maximum atomic E-state index is 5.59. The van der Waals surface area contributed by atoms with E-state index in [1.165, 1.54) is 25.0 Å². The highest BCUT2D eigenvalue weighted by Gasteiger charge is 2.10. The Morgan fingerprint density at radius 2 is 1.82 bits per heavy atom. The van der Waals surface area contributed by atoms with Gasteiger partial charge >= 0.3 is 0 Å². The maximum absolute atomic E-state index is 5.59. The van der Waals surface area contributed by atoms with Gasteiger partial charge in [-0.1, -0.05) is 48.5 Å². The highest BCUT2D eigenvalue weighted by Crippen LogP contribution is 2.20. The zero-order valence-electron chi connectivity index (χ0n) is 10.1. The van der Waals surface area contributed by atoms with Crippen molar-refractivity contribution in [2.24, 2.45) is 5.16 Å². The topological polar surface area (TPSA) is 21.6 Å². The predicted octanol–water partition coefficient (Wildman–Crippen LogP) is 4.25. The van der Waals surface area contributed by atoms with Gasteiger partial charge in [-0.15, -0.1) is 0 Å². The van der Waals surface area contributed by atoms with Gasteiger partial charge in [-0.2, -0.15) is 0 Å². The molecule has 1 aromatic rings. The quantitative estimate of drug-likeness (QED) is 0.558. The molecule has 0 spiro atoms. The molecule has 1 aliphatic carbocycles. The summed E-state index contributed by atoms with van der Waals surface area (Å²) in [5.74, 6) is 0. The van der Waals surface area contributed by atoms with Gasteiger partial charge in [-0.25, -0.2) is 0 Å². The van der Waals surface area contributed by atoms with E-state index in [1.54, 1.807) is 6.08 Å². The SMILES string of the molecule is C=CC(ON=C1CCCCC1)c1ccccc1. The second-order valence-corrected chi connectivity index (χ2v) is 4.39. The molecule has 2 heteroatoms. The lowest BCUT2D eigenvalue weighted by atomic mass is 9.99. The van der Waals surface area contributed by atoms with Crippen molar-refractivity contribution in [1.82, 2.24) is 0 Å². The minimum absolute atomic E-state index is 0.134. The van der Waals surface area contributed by atoms with Crippen molar-refractivity contribution >= 4 is 5.71 Å². The summed E-state index contributed by atoms with van der Waals surface area (Å²) >= 11 is 0. The number of rotatable bonds is 4. The summed E-state index contributed by atoms with van der Waals surface area (Å²) in [4.78, 5) is 5.59. The average molecular weight is 229 g/mol. The van der Waals surface area contributed by atoms with Crippen LogP contribution in [0.25, 0.3) is 0 Å². The largest absolute Gasteiger partial charge is 0.383 e. The fraction of sp³-hybridized carbons (Fsp3) is 0.400. The van der Waals surface area contributed by atoms with Crippen LogP contribution in [-0.2, 0) is 4.84 Å². The molecule has 0 radical (unpaired) electrons. The predicted molar refractivity (Wildman–Crippen MR) is 71.0 cm³/mol. The van der Waals surface area contributed by atoms with Gasteiger partial charge in [0.2, 0.25) is 0 Å². The van der Waals surface area contributed by atoms with Crippen molar-refractivity contribution in [3.8, 4) is 0 Å². The smallest absolute Gasteiger partial charge is 0.170 e. The van der Waals surface area contributed by atoms with Crippen LogP contribution in [0.5, 0.6) is 0 Å². The average Bonchev–Trinajstić information content (AvgIpc) is 2.42. The second-order valence-electron chi connectivity index (χ2n) is 4.39. The molecule has 2 rings (SSSR count). The van der Waals surface area contributed by atoms with Crippen LogP contribution < -0.4 is 0 Å². The van der Waals surface area contributed by atoms with Gasteiger partial charge < -0.3 is 4.84 Å². The Morgan fingerprint density at radius 1 is 1.12 bits per heavy atom. The van der Waals surface area contributed by atoms with E-state index in [4.69, 9.17) is 4.84 Å². The van der Waals surface area contributed by atoms with Crippen LogP contribution in [0.2, 0.25) is 0 Å². The summed E-state index contributed by atoms with van der Waals surface area (Å²) < 4.78 is 0. The summed E-state index contributed by atoms with van der Waals surface area (Å²) in [6.07, 6.45) is 7.63. The number of nitrogens with zero attached hydrogens (tertiary/aromatic N) is 1. The lowest BCUT2D eigenvalue weighted by Gasteiger charge is -2.15. The van der Waals surface area contributed by atoms with E-state index in [1.807, 2.05) is 30.3 Å². The summed E-state index contributed by atoms with van der Waals surface area (Å²) in [7, 11) is 0. The van der Waals surface area contributed by atoms with Gasteiger partial charge in [0.05, 0.1) is 5.71 Å². The summed E-state index contributed by atoms with van der Waals surface area (Å²) in [5.41, 5.74) is 2.29. The Balaban J connectivity index is 1.98. The first kappa shape index (κ1) is 11.9. The molecule has 90 valence electrons. The van der Waals surface area contributed by atoms with E-state index in [2.05, 4.69) is 11.7 Å². The third-order valence-corrected chi connectivity index (χ3v) is 3.07. The molecule has 0 N–H and O–H groups in total. The Hall–Kier alpha value is -1.57. The lowest BCUT2D eigenvalue weighted by Crippen LogP contribution is -2.06. The number of hydrogen-bond donors (Lipinski definition) is 0. The van der Waals surface area contributed by atoms with Crippen LogP contribution in [0.3, 0.4) is 0 Å². The summed E-state index contributed by atoms with van der Waals surface area (Å²) in [6, 6.07) is 10.1. The normalized spacial score (nSPS) is 17.3. The molecule has 1 fully saturated rings. The van der Waals surface area contributed by atoms with E-state index < -0.39 is 0 Å². The summed E-state index contributed by atoms with van der Waals surface area (Å²) in [5, 5.41) is 4.28. The van der Waals surface area contributed by atoms with Crippen LogP contribution in [0.15, 0.2) is 48.1 Å². The van der Waals surface area contributed by atoms with E-state index in [-0.39, 0.29) is 6.10 Å². The van der Waals surface area contributed by atoms with Crippen molar-refractivity contribution in [1.29, 1.82) is 0 Å². The van der Waals surface area contributed by atoms with E-state index in [0.29, 0.717) is 0 Å². The van der Waals surface area contributed by atoms with Crippen LogP contribution in [0, 0.1) is 0 Å². The monoisotopic (exact) mass is 229 g/mol. The van der Waals surface area contributed by atoms with Crippen molar-refractivity contribution in [3.63, 3.8) is 0 Å². The van der Waals surface area contributed by atoms with Gasteiger partial charge in [0.15, 0.2) is 6.10 Å². The fourth-order valence-electron chi connectivity index (χ4n) is 2.07. The lowest BCUT2D eigenvalue weighted by molar-refractivity contribution is 0.0916. The van der Waals surface area contributed by atoms with Crippen molar-refractivity contribution < 1.29 is 4.84 Å². The Kier molecular flexibility index (Phi) is 4.37. The molecule has 0 heterocycles.